The fraction of sp³-hybridized carbons (Fsp3) is 0.600. The molecule has 1 aromatic carbocycles. The monoisotopic (exact) mass is 312 g/mol. The van der Waals surface area contributed by atoms with Crippen LogP contribution in [0.3, 0.4) is 0 Å². The molecule has 100 valence electrons. The van der Waals surface area contributed by atoms with Gasteiger partial charge in [0.25, 0.3) is 0 Å². The van der Waals surface area contributed by atoms with Gasteiger partial charge in [-0.2, -0.15) is 0 Å². The molecule has 0 saturated carbocycles. The van der Waals surface area contributed by atoms with Crippen LogP contribution in [0.2, 0.25) is 0 Å². The van der Waals surface area contributed by atoms with Crippen LogP contribution in [-0.4, -0.2) is 19.3 Å². The SMILES string of the molecule is CC(C)Oc1ccc(C(Br)C2CCOCC2)cc1. The van der Waals surface area contributed by atoms with Crippen molar-refractivity contribution in [1.29, 1.82) is 0 Å². The van der Waals surface area contributed by atoms with Crippen molar-refractivity contribution in [1.82, 2.24) is 0 Å². The summed E-state index contributed by atoms with van der Waals surface area (Å²) in [6.45, 7) is 5.87. The largest absolute Gasteiger partial charge is 0.491 e. The second-order valence-corrected chi connectivity index (χ2v) is 6.07. The van der Waals surface area contributed by atoms with Gasteiger partial charge in [0.05, 0.1) is 6.10 Å². The lowest BCUT2D eigenvalue weighted by atomic mass is 9.92. The lowest BCUT2D eigenvalue weighted by molar-refractivity contribution is 0.0662. The molecule has 2 nitrogen and oxygen atoms in total. The summed E-state index contributed by atoms with van der Waals surface area (Å²) in [5.74, 6) is 1.62. The molecule has 0 spiro atoms. The van der Waals surface area contributed by atoms with Gasteiger partial charge in [-0.05, 0) is 50.3 Å². The van der Waals surface area contributed by atoms with Crippen LogP contribution in [0.5, 0.6) is 5.75 Å². The van der Waals surface area contributed by atoms with Crippen molar-refractivity contribution < 1.29 is 9.47 Å². The van der Waals surface area contributed by atoms with E-state index in [2.05, 4.69) is 40.2 Å². The first-order chi connectivity index (χ1) is 8.66. The van der Waals surface area contributed by atoms with Crippen molar-refractivity contribution in [3.8, 4) is 5.75 Å². The van der Waals surface area contributed by atoms with Gasteiger partial charge in [-0.25, -0.2) is 0 Å². The summed E-state index contributed by atoms with van der Waals surface area (Å²) in [6.07, 6.45) is 2.51. The molecule has 1 saturated heterocycles. The van der Waals surface area contributed by atoms with Crippen LogP contribution < -0.4 is 4.74 Å². The Labute approximate surface area is 118 Å². The molecular weight excluding hydrogens is 292 g/mol. The standard InChI is InChI=1S/C15H21BrO2/c1-11(2)18-14-5-3-12(4-6-14)15(16)13-7-9-17-10-8-13/h3-6,11,13,15H,7-10H2,1-2H3. The second kappa shape index (κ2) is 6.58. The molecule has 1 fully saturated rings. The molecule has 1 aromatic rings. The Morgan fingerprint density at radius 3 is 2.33 bits per heavy atom. The fourth-order valence-electron chi connectivity index (χ4n) is 2.28. The van der Waals surface area contributed by atoms with Crippen LogP contribution >= 0.6 is 15.9 Å². The number of alkyl halides is 1. The molecule has 1 atom stereocenters. The molecule has 0 amide bonds. The first-order valence-electron chi connectivity index (χ1n) is 6.65. The summed E-state index contributed by atoms with van der Waals surface area (Å²) in [4.78, 5) is 0.425. The van der Waals surface area contributed by atoms with Gasteiger partial charge in [-0.15, -0.1) is 0 Å². The number of rotatable bonds is 4. The maximum absolute atomic E-state index is 5.66. The molecule has 0 radical (unpaired) electrons. The van der Waals surface area contributed by atoms with Gasteiger partial charge in [0.2, 0.25) is 0 Å². The maximum Gasteiger partial charge on any atom is 0.119 e. The minimum atomic E-state index is 0.228. The van der Waals surface area contributed by atoms with Gasteiger partial charge in [0.15, 0.2) is 0 Å². The number of hydrogen-bond donors (Lipinski definition) is 0. The average Bonchev–Trinajstić information content (AvgIpc) is 2.39. The molecule has 0 bridgehead atoms. The minimum absolute atomic E-state index is 0.228. The van der Waals surface area contributed by atoms with Crippen molar-refractivity contribution in [3.63, 3.8) is 0 Å². The van der Waals surface area contributed by atoms with Crippen LogP contribution in [-0.2, 0) is 4.74 Å². The van der Waals surface area contributed by atoms with Crippen molar-refractivity contribution >= 4 is 15.9 Å². The fourth-order valence-corrected chi connectivity index (χ4v) is 3.12. The average molecular weight is 313 g/mol. The molecule has 1 aliphatic heterocycles. The highest BCUT2D eigenvalue weighted by molar-refractivity contribution is 9.09. The van der Waals surface area contributed by atoms with Gasteiger partial charge < -0.3 is 9.47 Å². The molecule has 1 aliphatic rings. The highest BCUT2D eigenvalue weighted by Gasteiger charge is 2.23. The molecule has 0 aromatic heterocycles. The Morgan fingerprint density at radius 2 is 1.78 bits per heavy atom. The zero-order valence-electron chi connectivity index (χ0n) is 11.1. The summed E-state index contributed by atoms with van der Waals surface area (Å²) >= 11 is 3.83. The van der Waals surface area contributed by atoms with E-state index in [-0.39, 0.29) is 6.10 Å². The minimum Gasteiger partial charge on any atom is -0.491 e. The van der Waals surface area contributed by atoms with Gasteiger partial charge in [0, 0.05) is 18.0 Å². The summed E-state index contributed by atoms with van der Waals surface area (Å²) in [5, 5.41) is 0. The zero-order chi connectivity index (χ0) is 13.0. The van der Waals surface area contributed by atoms with Crippen molar-refractivity contribution in [3.05, 3.63) is 29.8 Å². The van der Waals surface area contributed by atoms with Crippen LogP contribution in [0.1, 0.15) is 37.1 Å². The van der Waals surface area contributed by atoms with Gasteiger partial charge in [0.1, 0.15) is 5.75 Å². The Hall–Kier alpha value is -0.540. The highest BCUT2D eigenvalue weighted by atomic mass is 79.9. The van der Waals surface area contributed by atoms with E-state index in [9.17, 15) is 0 Å². The Balaban J connectivity index is 1.99. The molecule has 1 heterocycles. The predicted molar refractivity (Wildman–Crippen MR) is 77.4 cm³/mol. The van der Waals surface area contributed by atoms with E-state index in [1.807, 2.05) is 13.8 Å². The molecular formula is C15H21BrO2. The lowest BCUT2D eigenvalue weighted by Gasteiger charge is -2.27. The number of halogens is 1. The molecule has 0 aliphatic carbocycles. The molecule has 1 unspecified atom stereocenters. The van der Waals surface area contributed by atoms with E-state index in [0.717, 1.165) is 31.8 Å². The van der Waals surface area contributed by atoms with Crippen LogP contribution in [0.15, 0.2) is 24.3 Å². The number of hydrogen-bond acceptors (Lipinski definition) is 2. The third-order valence-electron chi connectivity index (χ3n) is 3.25. The van der Waals surface area contributed by atoms with E-state index in [1.165, 1.54) is 5.56 Å². The van der Waals surface area contributed by atoms with E-state index >= 15 is 0 Å². The summed E-state index contributed by atoms with van der Waals surface area (Å²) in [5.41, 5.74) is 1.33. The van der Waals surface area contributed by atoms with Crippen molar-refractivity contribution in [2.24, 2.45) is 5.92 Å². The van der Waals surface area contributed by atoms with Gasteiger partial charge in [-0.1, -0.05) is 28.1 Å². The van der Waals surface area contributed by atoms with E-state index in [1.54, 1.807) is 0 Å². The van der Waals surface area contributed by atoms with Crippen LogP contribution in [0.25, 0.3) is 0 Å². The number of ether oxygens (including phenoxy) is 2. The predicted octanol–water partition coefficient (Wildman–Crippen LogP) is 4.34. The zero-order valence-corrected chi connectivity index (χ0v) is 12.7. The number of benzene rings is 1. The first-order valence-corrected chi connectivity index (χ1v) is 7.57. The van der Waals surface area contributed by atoms with E-state index < -0.39 is 0 Å². The Bertz CT molecular complexity index is 355. The maximum atomic E-state index is 5.66. The van der Waals surface area contributed by atoms with E-state index in [4.69, 9.17) is 9.47 Å². The van der Waals surface area contributed by atoms with Crippen molar-refractivity contribution in [2.75, 3.05) is 13.2 Å². The Kier molecular flexibility index (Phi) is 5.07. The summed E-state index contributed by atoms with van der Waals surface area (Å²) in [6, 6.07) is 8.44. The smallest absolute Gasteiger partial charge is 0.119 e. The topological polar surface area (TPSA) is 18.5 Å². The Morgan fingerprint density at radius 1 is 1.17 bits per heavy atom. The third-order valence-corrected chi connectivity index (χ3v) is 4.53. The molecule has 3 heteroatoms. The molecule has 2 rings (SSSR count). The van der Waals surface area contributed by atoms with Gasteiger partial charge in [-0.3, -0.25) is 0 Å². The molecule has 0 N–H and O–H groups in total. The normalized spacial score (nSPS) is 18.9. The van der Waals surface area contributed by atoms with E-state index in [0.29, 0.717) is 10.7 Å². The quantitative estimate of drug-likeness (QED) is 0.770. The van der Waals surface area contributed by atoms with Crippen LogP contribution in [0, 0.1) is 5.92 Å². The highest BCUT2D eigenvalue weighted by Crippen LogP contribution is 2.37. The summed E-state index contributed by atoms with van der Waals surface area (Å²) < 4.78 is 11.1. The lowest BCUT2D eigenvalue weighted by Crippen LogP contribution is -2.19. The van der Waals surface area contributed by atoms with Crippen molar-refractivity contribution in [2.45, 2.75) is 37.6 Å². The summed E-state index contributed by atoms with van der Waals surface area (Å²) in [7, 11) is 0. The first kappa shape index (κ1) is 13.9. The second-order valence-electron chi connectivity index (χ2n) is 5.09. The third kappa shape index (κ3) is 3.72. The van der Waals surface area contributed by atoms with Crippen LogP contribution in [0.4, 0.5) is 0 Å². The van der Waals surface area contributed by atoms with Gasteiger partial charge >= 0.3 is 0 Å². The molecule has 18 heavy (non-hydrogen) atoms.